The normalized spacial score (nSPS) is 10.9. The smallest absolute Gasteiger partial charge is 0.151 e. The Bertz CT molecular complexity index is 1220. The Balaban J connectivity index is 1.73. The van der Waals surface area contributed by atoms with Gasteiger partial charge < -0.3 is 25.6 Å². The summed E-state index contributed by atoms with van der Waals surface area (Å²) >= 11 is 0. The van der Waals surface area contributed by atoms with Gasteiger partial charge in [0.1, 0.15) is 23.2 Å². The fourth-order valence-corrected chi connectivity index (χ4v) is 3.12. The van der Waals surface area contributed by atoms with Crippen molar-refractivity contribution >= 4 is 22.6 Å². The van der Waals surface area contributed by atoms with Gasteiger partial charge in [-0.05, 0) is 36.4 Å². The van der Waals surface area contributed by atoms with Crippen LogP contribution in [0.3, 0.4) is 0 Å². The van der Waals surface area contributed by atoms with Crippen molar-refractivity contribution in [2.75, 3.05) is 7.11 Å². The topological polar surface area (TPSA) is 138 Å². The number of aromatic amines is 1. The van der Waals surface area contributed by atoms with Crippen LogP contribution in [0.25, 0.3) is 33.7 Å². The van der Waals surface area contributed by atoms with Gasteiger partial charge in [-0.1, -0.05) is 18.2 Å². The fourth-order valence-electron chi connectivity index (χ4n) is 3.12. The number of nitrogen functional groups attached to an aromatic ring is 2. The second kappa shape index (κ2) is 6.62. The minimum atomic E-state index is -0.0204. The van der Waals surface area contributed by atoms with Gasteiger partial charge in [-0.2, -0.15) is 0 Å². The van der Waals surface area contributed by atoms with E-state index in [9.17, 15) is 0 Å². The first-order chi connectivity index (χ1) is 13.5. The van der Waals surface area contributed by atoms with Crippen LogP contribution in [0, 0.1) is 10.8 Å². The zero-order chi connectivity index (χ0) is 19.8. The van der Waals surface area contributed by atoms with E-state index >= 15 is 0 Å². The van der Waals surface area contributed by atoms with Crippen LogP contribution in [0.15, 0.2) is 59.0 Å². The summed E-state index contributed by atoms with van der Waals surface area (Å²) in [5, 5.41) is 16.1. The lowest BCUT2D eigenvalue weighted by Crippen LogP contribution is -2.11. The minimum Gasteiger partial charge on any atom is -0.496 e. The van der Waals surface area contributed by atoms with E-state index in [4.69, 9.17) is 31.4 Å². The molecule has 2 aromatic heterocycles. The number of nitrogens with one attached hydrogen (secondary N) is 3. The highest BCUT2D eigenvalue weighted by Gasteiger charge is 2.14. The zero-order valence-electron chi connectivity index (χ0n) is 15.2. The molecule has 7 N–H and O–H groups in total. The number of hydrogen-bond acceptors (Lipinski definition) is 4. The number of nitrogens with two attached hydrogens (primary N) is 2. The van der Waals surface area contributed by atoms with Gasteiger partial charge in [0.25, 0.3) is 0 Å². The molecule has 0 saturated carbocycles. The van der Waals surface area contributed by atoms with E-state index in [2.05, 4.69) is 4.98 Å². The third kappa shape index (κ3) is 2.99. The van der Waals surface area contributed by atoms with Gasteiger partial charge in [0.15, 0.2) is 5.76 Å². The van der Waals surface area contributed by atoms with E-state index in [-0.39, 0.29) is 11.7 Å². The van der Waals surface area contributed by atoms with Crippen LogP contribution < -0.4 is 16.2 Å². The van der Waals surface area contributed by atoms with Gasteiger partial charge in [-0.15, -0.1) is 0 Å². The summed E-state index contributed by atoms with van der Waals surface area (Å²) in [6.45, 7) is 0. The van der Waals surface area contributed by atoms with Crippen molar-refractivity contribution in [3.63, 3.8) is 0 Å². The van der Waals surface area contributed by atoms with E-state index in [0.29, 0.717) is 28.4 Å². The molecule has 0 unspecified atom stereocenters. The van der Waals surface area contributed by atoms with E-state index < -0.39 is 0 Å². The second-order valence-electron chi connectivity index (χ2n) is 6.39. The predicted molar refractivity (Wildman–Crippen MR) is 110 cm³/mol. The van der Waals surface area contributed by atoms with E-state index in [1.807, 2.05) is 42.5 Å². The van der Waals surface area contributed by atoms with Crippen molar-refractivity contribution < 1.29 is 9.15 Å². The van der Waals surface area contributed by atoms with Crippen LogP contribution in [-0.4, -0.2) is 23.8 Å². The Morgan fingerprint density at radius 2 is 1.57 bits per heavy atom. The molecule has 0 radical (unpaired) electrons. The molecule has 7 nitrogen and oxygen atoms in total. The number of H-pyrrole nitrogens is 1. The number of fused-ring (bicyclic) bond motifs is 1. The van der Waals surface area contributed by atoms with Gasteiger partial charge >= 0.3 is 0 Å². The Kier molecular flexibility index (Phi) is 4.12. The van der Waals surface area contributed by atoms with Gasteiger partial charge in [0.2, 0.25) is 0 Å². The molecule has 0 atom stereocenters. The average molecular weight is 373 g/mol. The molecule has 4 rings (SSSR count). The number of amidine groups is 2. The number of benzene rings is 2. The third-order valence-electron chi connectivity index (χ3n) is 4.58. The highest BCUT2D eigenvalue weighted by Crippen LogP contribution is 2.35. The molecule has 2 aromatic carbocycles. The predicted octanol–water partition coefficient (Wildman–Crippen LogP) is 3.67. The molecule has 0 aliphatic rings. The van der Waals surface area contributed by atoms with Crippen LogP contribution in [0.2, 0.25) is 0 Å². The van der Waals surface area contributed by atoms with Gasteiger partial charge in [0, 0.05) is 22.0 Å². The monoisotopic (exact) mass is 373 g/mol. The minimum absolute atomic E-state index is 0.0204. The first-order valence-corrected chi connectivity index (χ1v) is 8.56. The molecule has 4 aromatic rings. The first-order valence-electron chi connectivity index (χ1n) is 8.56. The van der Waals surface area contributed by atoms with Gasteiger partial charge in [0.05, 0.1) is 18.4 Å². The Labute approximate surface area is 160 Å². The van der Waals surface area contributed by atoms with Crippen molar-refractivity contribution in [2.24, 2.45) is 11.5 Å². The zero-order valence-corrected chi connectivity index (χ0v) is 15.2. The molecule has 0 spiro atoms. The lowest BCUT2D eigenvalue weighted by atomic mass is 10.1. The van der Waals surface area contributed by atoms with Crippen LogP contribution in [0.4, 0.5) is 0 Å². The summed E-state index contributed by atoms with van der Waals surface area (Å²) in [6, 6.07) is 16.6. The number of aromatic nitrogens is 1. The maximum absolute atomic E-state index is 7.57. The highest BCUT2D eigenvalue weighted by molar-refractivity contribution is 5.99. The average Bonchev–Trinajstić information content (AvgIpc) is 3.33. The molecule has 0 aliphatic heterocycles. The molecular formula is C21H19N5O2. The number of rotatable bonds is 5. The number of furan rings is 1. The second-order valence-corrected chi connectivity index (χ2v) is 6.39. The summed E-state index contributed by atoms with van der Waals surface area (Å²) in [4.78, 5) is 3.30. The summed E-state index contributed by atoms with van der Waals surface area (Å²) in [7, 11) is 1.57. The van der Waals surface area contributed by atoms with Crippen molar-refractivity contribution in [3.05, 3.63) is 65.7 Å². The van der Waals surface area contributed by atoms with E-state index in [0.717, 1.165) is 22.2 Å². The number of methoxy groups -OCH3 is 1. The number of hydrogen-bond donors (Lipinski definition) is 5. The van der Waals surface area contributed by atoms with Crippen molar-refractivity contribution in [1.29, 1.82) is 10.8 Å². The van der Waals surface area contributed by atoms with E-state index in [1.54, 1.807) is 19.2 Å². The van der Waals surface area contributed by atoms with Crippen LogP contribution >= 0.6 is 0 Å². The fraction of sp³-hybridized carbons (Fsp3) is 0.0476. The molecule has 0 fully saturated rings. The maximum Gasteiger partial charge on any atom is 0.151 e. The molecule has 2 heterocycles. The molecule has 140 valence electrons. The quantitative estimate of drug-likeness (QED) is 0.269. The van der Waals surface area contributed by atoms with E-state index in [1.165, 1.54) is 0 Å². The standard InChI is InChI=1S/C21H19N5O2/c1-27-19-10-13(21(24)25)4-5-14(19)17-6-7-18(28-17)16-8-11-2-3-12(20(22)23)9-15(11)26-16/h2-10,26H,1H3,(H3,22,23)(H3,24,25). The summed E-state index contributed by atoms with van der Waals surface area (Å²) < 4.78 is 11.5. The van der Waals surface area contributed by atoms with Crippen molar-refractivity contribution in [1.82, 2.24) is 4.98 Å². The molecule has 0 amide bonds. The molecule has 0 aliphatic carbocycles. The Morgan fingerprint density at radius 3 is 2.29 bits per heavy atom. The SMILES string of the molecule is COc1cc(C(=N)N)ccc1-c1ccc(-c2cc3ccc(C(=N)N)cc3[nH]2)o1. The highest BCUT2D eigenvalue weighted by atomic mass is 16.5. The Morgan fingerprint density at radius 1 is 0.893 bits per heavy atom. The molecule has 0 saturated heterocycles. The summed E-state index contributed by atoms with van der Waals surface area (Å²) in [5.74, 6) is 1.90. The lowest BCUT2D eigenvalue weighted by Gasteiger charge is -2.08. The van der Waals surface area contributed by atoms with Gasteiger partial charge in [-0.3, -0.25) is 10.8 Å². The van der Waals surface area contributed by atoms with Crippen LogP contribution in [0.1, 0.15) is 11.1 Å². The third-order valence-corrected chi connectivity index (χ3v) is 4.58. The summed E-state index contributed by atoms with van der Waals surface area (Å²) in [5.41, 5.74) is 14.8. The summed E-state index contributed by atoms with van der Waals surface area (Å²) in [6.07, 6.45) is 0. The molecule has 28 heavy (non-hydrogen) atoms. The lowest BCUT2D eigenvalue weighted by molar-refractivity contribution is 0.414. The van der Waals surface area contributed by atoms with Crippen LogP contribution in [-0.2, 0) is 0 Å². The van der Waals surface area contributed by atoms with Crippen LogP contribution in [0.5, 0.6) is 5.75 Å². The Hall–Kier alpha value is -4.00. The van der Waals surface area contributed by atoms with Gasteiger partial charge in [-0.25, -0.2) is 0 Å². The largest absolute Gasteiger partial charge is 0.496 e. The molecule has 0 bridgehead atoms. The molecular weight excluding hydrogens is 354 g/mol. The van der Waals surface area contributed by atoms with Crippen molar-refractivity contribution in [2.45, 2.75) is 0 Å². The maximum atomic E-state index is 7.57. The number of ether oxygens (including phenoxy) is 1. The molecule has 7 heteroatoms. The van der Waals surface area contributed by atoms with Crippen molar-refractivity contribution in [3.8, 4) is 28.5 Å². The first kappa shape index (κ1) is 17.4.